The number of hydrogen-bond acceptors (Lipinski definition) is 6. The molecule has 7 aromatic rings. The topological polar surface area (TPSA) is 77.3 Å². The van der Waals surface area contributed by atoms with Gasteiger partial charge in [0.1, 0.15) is 33.1 Å². The Labute approximate surface area is 223 Å². The van der Waals surface area contributed by atoms with Crippen molar-refractivity contribution in [3.05, 3.63) is 67.6 Å². The van der Waals surface area contributed by atoms with Crippen molar-refractivity contribution in [3.63, 3.8) is 0 Å². The summed E-state index contributed by atoms with van der Waals surface area (Å²) in [6.45, 7) is 4.09. The highest BCUT2D eigenvalue weighted by Crippen LogP contribution is 2.36. The minimum Gasteiger partial charge on any atom is -0.242 e. The van der Waals surface area contributed by atoms with Crippen molar-refractivity contribution in [3.8, 4) is 0 Å². The van der Waals surface area contributed by atoms with Crippen LogP contribution in [0.2, 0.25) is 20.1 Å². The molecule has 0 amide bonds. The first kappa shape index (κ1) is 22.1. The summed E-state index contributed by atoms with van der Waals surface area (Å²) < 4.78 is 0. The molecule has 0 N–H and O–H groups in total. The van der Waals surface area contributed by atoms with E-state index in [-0.39, 0.29) is 0 Å². The highest BCUT2D eigenvalue weighted by Gasteiger charge is 2.20. The van der Waals surface area contributed by atoms with Gasteiger partial charge in [-0.05, 0) is 61.4 Å². The predicted molar refractivity (Wildman–Crippen MR) is 148 cm³/mol. The first-order valence-electron chi connectivity index (χ1n) is 10.9. The maximum atomic E-state index is 6.28. The lowest BCUT2D eigenvalue weighted by Crippen LogP contribution is -1.99. The van der Waals surface area contributed by atoms with E-state index < -0.39 is 0 Å². The van der Waals surface area contributed by atoms with E-state index in [9.17, 15) is 0 Å². The number of hydrogen-bond donors (Lipinski definition) is 0. The Bertz CT molecular complexity index is 1710. The molecule has 174 valence electrons. The maximum absolute atomic E-state index is 6.28. The third-order valence-electron chi connectivity index (χ3n) is 6.37. The van der Waals surface area contributed by atoms with Gasteiger partial charge in [-0.1, -0.05) is 46.4 Å². The fraction of sp³-hybridized carbons (Fsp3) is 0.0769. The van der Waals surface area contributed by atoms with Crippen molar-refractivity contribution in [1.82, 2.24) is 29.9 Å². The van der Waals surface area contributed by atoms with E-state index in [0.29, 0.717) is 75.3 Å². The van der Waals surface area contributed by atoms with Crippen LogP contribution in [0.25, 0.3) is 66.2 Å². The molecular weight excluding hydrogens is 538 g/mol. The van der Waals surface area contributed by atoms with Crippen LogP contribution >= 0.6 is 46.4 Å². The Kier molecular flexibility index (Phi) is 4.70. The van der Waals surface area contributed by atoms with Crippen molar-refractivity contribution >= 4 is 113 Å². The van der Waals surface area contributed by atoms with Crippen LogP contribution in [0.15, 0.2) is 36.4 Å². The first-order chi connectivity index (χ1) is 17.3. The van der Waals surface area contributed by atoms with E-state index >= 15 is 0 Å². The van der Waals surface area contributed by atoms with E-state index in [1.807, 2.05) is 26.0 Å². The molecule has 0 unspecified atom stereocenters. The van der Waals surface area contributed by atoms with Crippen molar-refractivity contribution in [2.75, 3.05) is 0 Å². The monoisotopic (exact) mass is 548 g/mol. The summed E-state index contributed by atoms with van der Waals surface area (Å²) >= 11 is 25.1. The lowest BCUT2D eigenvalue weighted by molar-refractivity contribution is 1.30. The molecule has 36 heavy (non-hydrogen) atoms. The second-order valence-corrected chi connectivity index (χ2v) is 10.3. The molecule has 0 fully saturated rings. The summed E-state index contributed by atoms with van der Waals surface area (Å²) in [5.41, 5.74) is 9.38. The minimum absolute atomic E-state index is 0.387. The normalized spacial score (nSPS) is 12.2. The molecular formula is C26H12Cl4N6. The standard InChI is InChI=1S/C26H12Cl4N6/c1-9-3-15-16(4-10(9)2)32-22-21(31-15)23-25(35-19-7-13(29)11(27)5-17(19)33-23)26-24(22)34-18-6-12(28)14(30)8-20(18)36-26/h3-8H,1-2H3. The van der Waals surface area contributed by atoms with E-state index in [1.54, 1.807) is 24.3 Å². The zero-order chi connectivity index (χ0) is 24.9. The third-order valence-corrected chi connectivity index (χ3v) is 7.81. The molecule has 0 bridgehead atoms. The Morgan fingerprint density at radius 3 is 0.778 bits per heavy atom. The van der Waals surface area contributed by atoms with E-state index in [2.05, 4.69) is 0 Å². The van der Waals surface area contributed by atoms with Gasteiger partial charge in [-0.15, -0.1) is 0 Å². The Hall–Kier alpha value is -3.16. The summed E-state index contributed by atoms with van der Waals surface area (Å²) in [6.07, 6.45) is 0. The van der Waals surface area contributed by atoms with Gasteiger partial charge >= 0.3 is 0 Å². The van der Waals surface area contributed by atoms with Crippen LogP contribution in [-0.2, 0) is 0 Å². The SMILES string of the molecule is Cc1cc2nc3c(nc2cc1C)c1nc2cc(Cl)c(Cl)cc2nc1c1nc2cc(Cl)c(Cl)cc2nc31. The Morgan fingerprint density at radius 2 is 0.556 bits per heavy atom. The molecule has 10 heteroatoms. The number of benzene rings is 4. The fourth-order valence-corrected chi connectivity index (χ4v) is 5.04. The van der Waals surface area contributed by atoms with Gasteiger partial charge in [-0.2, -0.15) is 0 Å². The average Bonchev–Trinajstić information content (AvgIpc) is 2.84. The molecule has 3 heterocycles. The zero-order valence-electron chi connectivity index (χ0n) is 18.7. The van der Waals surface area contributed by atoms with Gasteiger partial charge in [0.15, 0.2) is 0 Å². The van der Waals surface area contributed by atoms with Crippen LogP contribution < -0.4 is 0 Å². The molecule has 0 atom stereocenters. The summed E-state index contributed by atoms with van der Waals surface area (Å²) in [4.78, 5) is 29.5. The highest BCUT2D eigenvalue weighted by molar-refractivity contribution is 6.43. The maximum Gasteiger partial charge on any atom is 0.120 e. The van der Waals surface area contributed by atoms with Crippen molar-refractivity contribution in [1.29, 1.82) is 0 Å². The van der Waals surface area contributed by atoms with Crippen LogP contribution in [0.3, 0.4) is 0 Å². The summed E-state index contributed by atoms with van der Waals surface area (Å²) in [5, 5.41) is 1.56. The predicted octanol–water partition coefficient (Wildman–Crippen LogP) is 8.21. The van der Waals surface area contributed by atoms with E-state index in [0.717, 1.165) is 22.2 Å². The summed E-state index contributed by atoms with van der Waals surface area (Å²) in [5.74, 6) is 0. The molecule has 0 radical (unpaired) electrons. The first-order valence-corrected chi connectivity index (χ1v) is 12.4. The van der Waals surface area contributed by atoms with Crippen LogP contribution in [0.5, 0.6) is 0 Å². The molecule has 4 aromatic carbocycles. The van der Waals surface area contributed by atoms with Gasteiger partial charge in [0, 0.05) is 0 Å². The number of halogens is 4. The molecule has 0 aliphatic carbocycles. The quantitative estimate of drug-likeness (QED) is 0.140. The van der Waals surface area contributed by atoms with Crippen LogP contribution in [0.1, 0.15) is 11.1 Å². The molecule has 0 aliphatic heterocycles. The van der Waals surface area contributed by atoms with Crippen molar-refractivity contribution in [2.24, 2.45) is 0 Å². The van der Waals surface area contributed by atoms with Gasteiger partial charge in [0.2, 0.25) is 0 Å². The van der Waals surface area contributed by atoms with Gasteiger partial charge in [0.05, 0.1) is 53.2 Å². The van der Waals surface area contributed by atoms with Crippen LogP contribution in [0, 0.1) is 13.8 Å². The Morgan fingerprint density at radius 1 is 0.361 bits per heavy atom. The Balaban J connectivity index is 1.76. The number of rotatable bonds is 0. The average molecular weight is 550 g/mol. The number of fused-ring (bicyclic) bond motifs is 9. The second-order valence-electron chi connectivity index (χ2n) is 8.70. The summed E-state index contributed by atoms with van der Waals surface area (Å²) in [6, 6.07) is 10.8. The van der Waals surface area contributed by atoms with Gasteiger partial charge in [0.25, 0.3) is 0 Å². The highest BCUT2D eigenvalue weighted by atomic mass is 35.5. The van der Waals surface area contributed by atoms with E-state index in [4.69, 9.17) is 76.3 Å². The minimum atomic E-state index is 0.387. The molecule has 6 nitrogen and oxygen atoms in total. The lowest BCUT2D eigenvalue weighted by atomic mass is 10.1. The summed E-state index contributed by atoms with van der Waals surface area (Å²) in [7, 11) is 0. The number of aromatic nitrogens is 6. The third kappa shape index (κ3) is 3.19. The number of aryl methyl sites for hydroxylation is 2. The fourth-order valence-electron chi connectivity index (χ4n) is 4.41. The van der Waals surface area contributed by atoms with Crippen molar-refractivity contribution in [2.45, 2.75) is 13.8 Å². The molecule has 0 saturated carbocycles. The van der Waals surface area contributed by atoms with Crippen LogP contribution in [0.4, 0.5) is 0 Å². The molecule has 0 saturated heterocycles. The molecule has 3 aromatic heterocycles. The molecule has 7 rings (SSSR count). The molecule has 0 spiro atoms. The van der Waals surface area contributed by atoms with Gasteiger partial charge in [-0.25, -0.2) is 29.9 Å². The largest absolute Gasteiger partial charge is 0.242 e. The van der Waals surface area contributed by atoms with Gasteiger partial charge < -0.3 is 0 Å². The van der Waals surface area contributed by atoms with Crippen LogP contribution in [-0.4, -0.2) is 29.9 Å². The number of nitrogens with zero attached hydrogens (tertiary/aromatic N) is 6. The van der Waals surface area contributed by atoms with Gasteiger partial charge in [-0.3, -0.25) is 0 Å². The van der Waals surface area contributed by atoms with Crippen molar-refractivity contribution < 1.29 is 0 Å². The smallest absolute Gasteiger partial charge is 0.120 e. The second kappa shape index (κ2) is 7.67. The lowest BCUT2D eigenvalue weighted by Gasteiger charge is -2.11. The van der Waals surface area contributed by atoms with E-state index in [1.165, 1.54) is 0 Å². The molecule has 0 aliphatic rings. The zero-order valence-corrected chi connectivity index (χ0v) is 21.7.